The minimum absolute atomic E-state index is 0.538. The average Bonchev–Trinajstić information content (AvgIpc) is 3.06. The van der Waals surface area contributed by atoms with Crippen molar-refractivity contribution in [1.82, 2.24) is 20.4 Å². The molecule has 0 saturated carbocycles. The predicted octanol–water partition coefficient (Wildman–Crippen LogP) is 2.14. The van der Waals surface area contributed by atoms with Crippen LogP contribution in [0.1, 0.15) is 25.3 Å². The molecule has 2 N–H and O–H groups in total. The van der Waals surface area contributed by atoms with E-state index in [9.17, 15) is 0 Å². The lowest BCUT2D eigenvalue weighted by molar-refractivity contribution is 0.298. The first-order valence-electron chi connectivity index (χ1n) is 7.19. The summed E-state index contributed by atoms with van der Waals surface area (Å²) in [5, 5.41) is 11.9. The molecule has 0 aliphatic carbocycles. The van der Waals surface area contributed by atoms with Crippen molar-refractivity contribution in [3.05, 3.63) is 30.0 Å². The van der Waals surface area contributed by atoms with Gasteiger partial charge in [-0.15, -0.1) is 0 Å². The van der Waals surface area contributed by atoms with Crippen LogP contribution < -0.4 is 5.32 Å². The maximum absolute atomic E-state index is 4.05. The molecule has 1 aliphatic rings. The quantitative estimate of drug-likeness (QED) is 0.863. The lowest BCUT2D eigenvalue weighted by Gasteiger charge is -2.21. The Morgan fingerprint density at radius 2 is 2.21 bits per heavy atom. The number of hydrogen-bond acceptors (Lipinski definition) is 3. The molecule has 102 valence electrons. The molecule has 3 rings (SSSR count). The minimum atomic E-state index is 0.538. The van der Waals surface area contributed by atoms with E-state index in [1.54, 1.807) is 0 Å². The van der Waals surface area contributed by atoms with Crippen LogP contribution in [0.4, 0.5) is 0 Å². The SMILES string of the molecule is CC(CN1CCCC1)NCc1ccc2cn[nH]c2c1. The largest absolute Gasteiger partial charge is 0.309 e. The number of fused-ring (bicyclic) bond motifs is 1. The van der Waals surface area contributed by atoms with Gasteiger partial charge in [-0.05, 0) is 44.5 Å². The Kier molecular flexibility index (Phi) is 3.80. The van der Waals surface area contributed by atoms with Gasteiger partial charge in [0.1, 0.15) is 0 Å². The van der Waals surface area contributed by atoms with Gasteiger partial charge in [0.05, 0.1) is 11.7 Å². The second-order valence-corrected chi connectivity index (χ2v) is 5.58. The zero-order valence-electron chi connectivity index (χ0n) is 11.5. The van der Waals surface area contributed by atoms with Crippen LogP contribution in [0.15, 0.2) is 24.4 Å². The highest BCUT2D eigenvalue weighted by Gasteiger charge is 2.14. The number of nitrogens with zero attached hydrogens (tertiary/aromatic N) is 2. The zero-order valence-corrected chi connectivity index (χ0v) is 11.5. The van der Waals surface area contributed by atoms with Crippen molar-refractivity contribution in [3.63, 3.8) is 0 Å². The van der Waals surface area contributed by atoms with E-state index in [-0.39, 0.29) is 0 Å². The van der Waals surface area contributed by atoms with Gasteiger partial charge in [0, 0.05) is 24.5 Å². The van der Waals surface area contributed by atoms with E-state index in [0.29, 0.717) is 6.04 Å². The summed E-state index contributed by atoms with van der Waals surface area (Å²) in [6.07, 6.45) is 4.59. The Balaban J connectivity index is 1.52. The first kappa shape index (κ1) is 12.6. The van der Waals surface area contributed by atoms with E-state index in [1.165, 1.54) is 36.9 Å². The van der Waals surface area contributed by atoms with Gasteiger partial charge in [-0.3, -0.25) is 5.10 Å². The standard InChI is InChI=1S/C15H22N4/c1-12(11-19-6-2-3-7-19)16-9-13-4-5-14-10-17-18-15(14)8-13/h4-5,8,10,12,16H,2-3,6-7,9,11H2,1H3,(H,17,18). The summed E-state index contributed by atoms with van der Waals surface area (Å²) in [4.78, 5) is 2.55. The predicted molar refractivity (Wildman–Crippen MR) is 78.1 cm³/mol. The fourth-order valence-corrected chi connectivity index (χ4v) is 2.80. The second-order valence-electron chi connectivity index (χ2n) is 5.58. The average molecular weight is 258 g/mol. The number of aromatic amines is 1. The summed E-state index contributed by atoms with van der Waals surface area (Å²) in [7, 11) is 0. The molecule has 2 aromatic rings. The highest BCUT2D eigenvalue weighted by Crippen LogP contribution is 2.13. The number of hydrogen-bond donors (Lipinski definition) is 2. The third-order valence-corrected chi connectivity index (χ3v) is 3.89. The number of aromatic nitrogens is 2. The highest BCUT2D eigenvalue weighted by atomic mass is 15.2. The van der Waals surface area contributed by atoms with Crippen molar-refractivity contribution < 1.29 is 0 Å². The number of H-pyrrole nitrogens is 1. The fraction of sp³-hybridized carbons (Fsp3) is 0.533. The maximum Gasteiger partial charge on any atom is 0.0653 e. The van der Waals surface area contributed by atoms with Gasteiger partial charge in [-0.1, -0.05) is 12.1 Å². The van der Waals surface area contributed by atoms with Crippen LogP contribution in [-0.4, -0.2) is 40.8 Å². The van der Waals surface area contributed by atoms with Gasteiger partial charge < -0.3 is 10.2 Å². The van der Waals surface area contributed by atoms with Crippen LogP contribution >= 0.6 is 0 Å². The third kappa shape index (κ3) is 3.14. The topological polar surface area (TPSA) is 44.0 Å². The molecule has 0 bridgehead atoms. The van der Waals surface area contributed by atoms with Crippen molar-refractivity contribution >= 4 is 10.9 Å². The minimum Gasteiger partial charge on any atom is -0.309 e. The van der Waals surface area contributed by atoms with Gasteiger partial charge in [-0.25, -0.2) is 0 Å². The maximum atomic E-state index is 4.05. The van der Waals surface area contributed by atoms with Gasteiger partial charge in [0.25, 0.3) is 0 Å². The van der Waals surface area contributed by atoms with Gasteiger partial charge in [-0.2, -0.15) is 5.10 Å². The Labute approximate surface area is 114 Å². The number of rotatable bonds is 5. The summed E-state index contributed by atoms with van der Waals surface area (Å²) in [6.45, 7) is 6.89. The van der Waals surface area contributed by atoms with Crippen LogP contribution in [0.3, 0.4) is 0 Å². The molecule has 4 heteroatoms. The fourth-order valence-electron chi connectivity index (χ4n) is 2.80. The second kappa shape index (κ2) is 5.72. The molecule has 1 atom stereocenters. The van der Waals surface area contributed by atoms with E-state index in [2.05, 4.69) is 45.5 Å². The normalized spacial score (nSPS) is 18.2. The van der Waals surface area contributed by atoms with E-state index in [0.717, 1.165) is 18.6 Å². The molecule has 4 nitrogen and oxygen atoms in total. The van der Waals surface area contributed by atoms with E-state index in [1.807, 2.05) is 6.20 Å². The third-order valence-electron chi connectivity index (χ3n) is 3.89. The van der Waals surface area contributed by atoms with Crippen molar-refractivity contribution in [2.75, 3.05) is 19.6 Å². The molecular weight excluding hydrogens is 236 g/mol. The van der Waals surface area contributed by atoms with E-state index < -0.39 is 0 Å². The Hall–Kier alpha value is -1.39. The summed E-state index contributed by atoms with van der Waals surface area (Å²) in [6, 6.07) is 7.02. The van der Waals surface area contributed by atoms with E-state index >= 15 is 0 Å². The van der Waals surface area contributed by atoms with Gasteiger partial charge in [0.15, 0.2) is 0 Å². The molecule has 1 fully saturated rings. The summed E-state index contributed by atoms with van der Waals surface area (Å²) in [5.74, 6) is 0. The molecular formula is C15H22N4. The van der Waals surface area contributed by atoms with Crippen molar-refractivity contribution in [2.45, 2.75) is 32.4 Å². The molecule has 1 aliphatic heterocycles. The lowest BCUT2D eigenvalue weighted by Crippen LogP contribution is -2.37. The van der Waals surface area contributed by atoms with E-state index in [4.69, 9.17) is 0 Å². The first-order chi connectivity index (χ1) is 9.31. The molecule has 1 aromatic carbocycles. The molecule has 2 heterocycles. The van der Waals surface area contributed by atoms with Gasteiger partial charge >= 0.3 is 0 Å². The molecule has 0 radical (unpaired) electrons. The number of nitrogens with one attached hydrogen (secondary N) is 2. The lowest BCUT2D eigenvalue weighted by atomic mass is 10.1. The molecule has 1 saturated heterocycles. The van der Waals surface area contributed by atoms with Crippen LogP contribution in [0.25, 0.3) is 10.9 Å². The van der Waals surface area contributed by atoms with Crippen LogP contribution in [0.5, 0.6) is 0 Å². The van der Waals surface area contributed by atoms with Gasteiger partial charge in [0.2, 0.25) is 0 Å². The highest BCUT2D eigenvalue weighted by molar-refractivity contribution is 5.78. The van der Waals surface area contributed by atoms with Crippen molar-refractivity contribution in [3.8, 4) is 0 Å². The van der Waals surface area contributed by atoms with Crippen molar-refractivity contribution in [1.29, 1.82) is 0 Å². The Bertz CT molecular complexity index is 528. The Morgan fingerprint density at radius 3 is 3.05 bits per heavy atom. The Morgan fingerprint density at radius 1 is 1.37 bits per heavy atom. The number of likely N-dealkylation sites (tertiary alicyclic amines) is 1. The number of benzene rings is 1. The molecule has 0 spiro atoms. The molecule has 1 aromatic heterocycles. The summed E-state index contributed by atoms with van der Waals surface area (Å²) < 4.78 is 0. The molecule has 0 amide bonds. The van der Waals surface area contributed by atoms with Crippen LogP contribution in [-0.2, 0) is 6.54 Å². The molecule has 19 heavy (non-hydrogen) atoms. The molecule has 1 unspecified atom stereocenters. The monoisotopic (exact) mass is 258 g/mol. The van der Waals surface area contributed by atoms with Crippen LogP contribution in [0, 0.1) is 0 Å². The first-order valence-corrected chi connectivity index (χ1v) is 7.19. The zero-order chi connectivity index (χ0) is 13.1. The van der Waals surface area contributed by atoms with Crippen LogP contribution in [0.2, 0.25) is 0 Å². The van der Waals surface area contributed by atoms with Crippen molar-refractivity contribution in [2.24, 2.45) is 0 Å². The summed E-state index contributed by atoms with van der Waals surface area (Å²) in [5.41, 5.74) is 2.43. The summed E-state index contributed by atoms with van der Waals surface area (Å²) >= 11 is 0. The smallest absolute Gasteiger partial charge is 0.0653 e.